The molecule has 0 fully saturated rings. The van der Waals surface area contributed by atoms with E-state index < -0.39 is 72.0 Å². The maximum absolute atomic E-state index is 14.4. The summed E-state index contributed by atoms with van der Waals surface area (Å²) in [4.78, 5) is 61.4. The standard InChI is InChI=1S/C80H80O12S16/c1-77(2,3)53-25-45-21-47-27-54(78(4,5)6)29-49(66(47)90-38-62(82)86-34-58-42-102-74(106-58)70-95-15-16-96-70)23-51-31-56(80(10,11)12)32-52(68(51)92-40-64(84)88-36-60-44-104-76(108-60)72-99-19-20-100-72)24-50-30-55(79(7,8)9)28-48(67(50)91-39-63(83)87-35-59-43-103-75(107-59)71-97-17-18-98-71)22-46(26-53)65(45)89-37-61(81)85-33-57-41-101-73(105-57)69-93-13-14-94-69/h13-20,25-32,41-44H,21-24,33-40H2,1-12H3. The smallest absolute Gasteiger partial charge is 0.344 e. The van der Waals surface area contributed by atoms with Gasteiger partial charge in [-0.1, -0.05) is 320 Å². The Kier molecular flexibility index (Phi) is 27.9. The minimum Gasteiger partial charge on any atom is -0.481 e. The maximum Gasteiger partial charge on any atom is 0.344 e. The van der Waals surface area contributed by atoms with E-state index in [1.807, 2.05) is 21.6 Å². The maximum atomic E-state index is 14.4. The van der Waals surface area contributed by atoms with Crippen LogP contribution < -0.4 is 18.9 Å². The van der Waals surface area contributed by atoms with Gasteiger partial charge in [-0.05, 0) is 153 Å². The molecule has 0 unspecified atom stereocenters. The van der Waals surface area contributed by atoms with Crippen LogP contribution in [0.3, 0.4) is 0 Å². The highest BCUT2D eigenvalue weighted by molar-refractivity contribution is 8.35. The topological polar surface area (TPSA) is 142 Å². The molecule has 4 aromatic carbocycles. The summed E-state index contributed by atoms with van der Waals surface area (Å²) in [6, 6.07) is 17.3. The Labute approximate surface area is 701 Å². The van der Waals surface area contributed by atoms with Crippen LogP contribution in [0.1, 0.15) is 150 Å². The number of fused-ring (bicyclic) bond motifs is 8. The second kappa shape index (κ2) is 36.5. The van der Waals surface area contributed by atoms with E-state index in [4.69, 9.17) is 37.9 Å². The Balaban J connectivity index is 0.937. The van der Waals surface area contributed by atoms with Crippen molar-refractivity contribution in [3.8, 4) is 23.0 Å². The molecule has 28 heteroatoms. The van der Waals surface area contributed by atoms with Crippen LogP contribution >= 0.6 is 188 Å². The molecule has 0 aromatic heterocycles. The molecule has 8 aliphatic heterocycles. The zero-order valence-corrected chi connectivity index (χ0v) is 74.5. The van der Waals surface area contributed by atoms with Gasteiger partial charge in [0, 0.05) is 45.3 Å². The fourth-order valence-corrected chi connectivity index (χ4v) is 29.2. The van der Waals surface area contributed by atoms with Gasteiger partial charge in [0.2, 0.25) is 0 Å². The van der Waals surface area contributed by atoms with Crippen molar-refractivity contribution in [2.45, 2.75) is 130 Å². The minimum atomic E-state index is -0.543. The molecule has 4 aromatic rings. The third kappa shape index (κ3) is 21.7. The first-order valence-electron chi connectivity index (χ1n) is 34.4. The van der Waals surface area contributed by atoms with Gasteiger partial charge in [0.05, 0.1) is 33.9 Å². The average Bonchev–Trinajstić information content (AvgIpc) is 0.979. The van der Waals surface area contributed by atoms with Crippen LogP contribution in [0.15, 0.2) is 167 Å². The van der Waals surface area contributed by atoms with Crippen molar-refractivity contribution in [3.05, 3.63) is 234 Å². The van der Waals surface area contributed by atoms with Gasteiger partial charge in [0.15, 0.2) is 26.4 Å². The number of carbonyl (C=O) groups excluding carboxylic acids is 4. The quantitative estimate of drug-likeness (QED) is 0.0538. The number of hydrogen-bond acceptors (Lipinski definition) is 28. The molecule has 0 N–H and O–H groups in total. The first-order valence-corrected chi connectivity index (χ1v) is 48.3. The number of thioether (sulfide) groups is 16. The summed E-state index contributed by atoms with van der Waals surface area (Å²) >= 11 is 26.5. The van der Waals surface area contributed by atoms with Crippen molar-refractivity contribution in [3.63, 3.8) is 0 Å². The number of esters is 4. The predicted octanol–water partition coefficient (Wildman–Crippen LogP) is 24.8. The van der Waals surface area contributed by atoms with Crippen molar-refractivity contribution < 1.29 is 57.1 Å². The summed E-state index contributed by atoms with van der Waals surface area (Å²) in [6.45, 7) is 24.8. The van der Waals surface area contributed by atoms with Gasteiger partial charge in [-0.25, -0.2) is 19.2 Å². The monoisotopic (exact) mass is 1740 g/mol. The second-order valence-corrected chi connectivity index (χ2v) is 47.0. The summed E-state index contributed by atoms with van der Waals surface area (Å²) in [5.41, 5.74) is 8.36. The highest BCUT2D eigenvalue weighted by Crippen LogP contribution is 2.57. The molecular weight excluding hydrogens is 1670 g/mol. The van der Waals surface area contributed by atoms with Crippen molar-refractivity contribution in [1.29, 1.82) is 0 Å². The van der Waals surface area contributed by atoms with Gasteiger partial charge in [-0.2, -0.15) is 0 Å². The minimum absolute atomic E-state index is 0.0810. The summed E-state index contributed by atoms with van der Waals surface area (Å²) in [5, 5.41) is 24.7. The molecule has 0 saturated carbocycles. The van der Waals surface area contributed by atoms with Crippen molar-refractivity contribution in [1.82, 2.24) is 0 Å². The van der Waals surface area contributed by atoms with E-state index >= 15 is 0 Å². The van der Waals surface area contributed by atoms with Crippen LogP contribution in [0, 0.1) is 0 Å². The lowest BCUT2D eigenvalue weighted by atomic mass is 9.79. The average molecular weight is 1750 g/mol. The molecule has 8 heterocycles. The van der Waals surface area contributed by atoms with Crippen LogP contribution in [0.25, 0.3) is 0 Å². The van der Waals surface area contributed by atoms with Crippen LogP contribution in [0.5, 0.6) is 23.0 Å². The Bertz CT molecular complexity index is 3960. The summed E-state index contributed by atoms with van der Waals surface area (Å²) in [5.74, 6) is -0.289. The lowest BCUT2D eigenvalue weighted by Crippen LogP contribution is -2.21. The Morgan fingerprint density at radius 3 is 0.611 bits per heavy atom. The van der Waals surface area contributed by atoms with Crippen LogP contribution in [0.4, 0.5) is 0 Å². The highest BCUT2D eigenvalue weighted by atomic mass is 32.2. The lowest BCUT2D eigenvalue weighted by Gasteiger charge is -2.29. The molecule has 0 radical (unpaired) electrons. The van der Waals surface area contributed by atoms with E-state index in [1.165, 1.54) is 16.9 Å². The van der Waals surface area contributed by atoms with E-state index in [1.54, 1.807) is 188 Å². The van der Waals surface area contributed by atoms with Gasteiger partial charge >= 0.3 is 23.9 Å². The van der Waals surface area contributed by atoms with E-state index in [0.717, 1.165) is 103 Å². The largest absolute Gasteiger partial charge is 0.481 e. The van der Waals surface area contributed by atoms with Crippen LogP contribution in [-0.4, -0.2) is 76.7 Å². The van der Waals surface area contributed by atoms with Gasteiger partial charge < -0.3 is 37.9 Å². The number of benzene rings is 4. The third-order valence-corrected chi connectivity index (χ3v) is 37.3. The van der Waals surface area contributed by atoms with Crippen molar-refractivity contribution in [2.24, 2.45) is 0 Å². The van der Waals surface area contributed by atoms with E-state index in [2.05, 4.69) is 175 Å². The van der Waals surface area contributed by atoms with Crippen LogP contribution in [-0.2, 0) is 85.5 Å². The molecule has 1 aliphatic carbocycles. The first kappa shape index (κ1) is 82.4. The number of ether oxygens (including phenoxy) is 8. The summed E-state index contributed by atoms with van der Waals surface area (Å²) in [7, 11) is 0. The molecule has 108 heavy (non-hydrogen) atoms. The Hall–Kier alpha value is -3.56. The molecule has 13 rings (SSSR count). The fraction of sp³-hybridized carbons (Fsp3) is 0.350. The van der Waals surface area contributed by atoms with Gasteiger partial charge in [0.25, 0.3) is 0 Å². The van der Waals surface area contributed by atoms with Crippen LogP contribution in [0.2, 0.25) is 0 Å². The summed E-state index contributed by atoms with van der Waals surface area (Å²) < 4.78 is 62.0. The molecule has 0 saturated heterocycles. The molecule has 0 spiro atoms. The van der Waals surface area contributed by atoms with Crippen molar-refractivity contribution >= 4 is 212 Å². The van der Waals surface area contributed by atoms with E-state index in [-0.39, 0.29) is 52.1 Å². The zero-order chi connectivity index (χ0) is 76.1. The van der Waals surface area contributed by atoms with E-state index in [9.17, 15) is 19.2 Å². The molecule has 0 atom stereocenters. The molecule has 9 aliphatic rings. The van der Waals surface area contributed by atoms with Crippen molar-refractivity contribution in [2.75, 3.05) is 52.9 Å². The first-order chi connectivity index (χ1) is 51.6. The van der Waals surface area contributed by atoms with Gasteiger partial charge in [0.1, 0.15) is 49.4 Å². The summed E-state index contributed by atoms with van der Waals surface area (Å²) in [6.07, 6.45) is 0.835. The molecular formula is C80H80O12S16. The predicted molar refractivity (Wildman–Crippen MR) is 476 cm³/mol. The molecule has 568 valence electrons. The van der Waals surface area contributed by atoms with Gasteiger partial charge in [-0.3, -0.25) is 0 Å². The Morgan fingerprint density at radius 1 is 0.269 bits per heavy atom. The Morgan fingerprint density at radius 2 is 0.444 bits per heavy atom. The third-order valence-electron chi connectivity index (χ3n) is 17.2. The zero-order valence-electron chi connectivity index (χ0n) is 61.5. The fourth-order valence-electron chi connectivity index (χ4n) is 11.6. The van der Waals surface area contributed by atoms with Gasteiger partial charge in [-0.15, -0.1) is 0 Å². The molecule has 12 nitrogen and oxygen atoms in total. The normalized spacial score (nSPS) is 17.8. The van der Waals surface area contributed by atoms with E-state index in [0.29, 0.717) is 23.0 Å². The number of carbonyl (C=O) groups is 4. The SMILES string of the molecule is CC(C)(C)c1cc2c(OCC(=O)OCC3=CSC(=C4SC=CS4)S3)c(c1)Cc1cc(C(C)(C)C)cc(c1OCC(=O)OCC1=CSC(=C3SC=CS3)S1)Cc1cc(C(C)(C)C)cc(c1OCC(=O)OCC1=CSC(=C3SC=CS3)S1)Cc1cc(C(C)(C)C)cc(c1OCC(=O)OCC1=CSC(=C3SC=CS3)S1)C2. The highest BCUT2D eigenvalue weighted by Gasteiger charge is 2.33. The molecule has 0 amide bonds. The lowest BCUT2D eigenvalue weighted by molar-refractivity contribution is -0.145. The molecule has 8 bridgehead atoms. The number of rotatable bonds is 20. The second-order valence-electron chi connectivity index (χ2n) is 29.5. The number of hydrogen-bond donors (Lipinski definition) is 0.